The van der Waals surface area contributed by atoms with E-state index in [0.717, 1.165) is 5.56 Å². The monoisotopic (exact) mass is 660 g/mol. The van der Waals surface area contributed by atoms with Crippen molar-refractivity contribution in [3.05, 3.63) is 53.9 Å². The molecule has 15 nitrogen and oxygen atoms in total. The first-order valence-electron chi connectivity index (χ1n) is 14.9. The van der Waals surface area contributed by atoms with Crippen LogP contribution in [0.25, 0.3) is 0 Å². The van der Waals surface area contributed by atoms with Crippen LogP contribution in [0.1, 0.15) is 36.8 Å². The molecule has 1 unspecified atom stereocenters. The lowest BCUT2D eigenvalue weighted by Gasteiger charge is -2.29. The molecule has 1 aromatic carbocycles. The minimum absolute atomic E-state index is 0.0770. The molecule has 256 valence electrons. The van der Waals surface area contributed by atoms with Gasteiger partial charge in [0.1, 0.15) is 25.2 Å². The maximum atomic E-state index is 13.5. The van der Waals surface area contributed by atoms with Crippen LogP contribution < -0.4 is 14.8 Å². The molecule has 1 aliphatic heterocycles. The molecule has 1 aliphatic rings. The summed E-state index contributed by atoms with van der Waals surface area (Å²) in [7, 11) is 2.81. The minimum Gasteiger partial charge on any atom is -0.493 e. The van der Waals surface area contributed by atoms with Crippen LogP contribution in [0.4, 0.5) is 0 Å². The quantitative estimate of drug-likeness (QED) is 0.126. The highest BCUT2D eigenvalue weighted by molar-refractivity contribution is 5.98. The van der Waals surface area contributed by atoms with Crippen LogP contribution in [-0.2, 0) is 54.0 Å². The number of cyclic esters (lactones) is 2. The Hall–Kier alpha value is -4.76. The average Bonchev–Trinajstić information content (AvgIpc) is 3.09. The fraction of sp³-hybridized carbons (Fsp3) is 0.500. The number of carbonyl (C=O) groups excluding carboxylic acids is 5. The van der Waals surface area contributed by atoms with Crippen molar-refractivity contribution in [3.8, 4) is 11.5 Å². The number of methoxy groups -OCH3 is 2. The summed E-state index contributed by atoms with van der Waals surface area (Å²) in [5.41, 5.74) is 0.443. The van der Waals surface area contributed by atoms with Crippen molar-refractivity contribution in [3.63, 3.8) is 0 Å². The number of ether oxygens (including phenoxy) is 8. The molecule has 0 saturated carbocycles. The maximum absolute atomic E-state index is 13.5. The molecule has 0 spiro atoms. The summed E-state index contributed by atoms with van der Waals surface area (Å²) in [6, 6.07) is 8.96. The Bertz CT molecular complexity index is 1370. The summed E-state index contributed by atoms with van der Waals surface area (Å²) in [4.78, 5) is 68.8. The van der Waals surface area contributed by atoms with Gasteiger partial charge in [-0.05, 0) is 18.9 Å². The van der Waals surface area contributed by atoms with Gasteiger partial charge in [-0.15, -0.1) is 0 Å². The van der Waals surface area contributed by atoms with Crippen LogP contribution in [0.15, 0.2) is 42.6 Å². The standard InChI is InChI=1S/C32H40N2O13/c1-19(2)30(37)47-27-20(3)46-32(39)23(16-43-31(38)22(27)15-21-9-7-6-8-10-21)34-29(36)26-28(24(41-5)11-12-33-26)45-18-44-25(35)17-42-14-13-40-4/h6-12,19-20,22-23,27H,13-18H2,1-5H3,(H,34,36)/t20-,22?,23-,27-/m0/s1. The van der Waals surface area contributed by atoms with Crippen LogP contribution in [0.3, 0.4) is 0 Å². The summed E-state index contributed by atoms with van der Waals surface area (Å²) >= 11 is 0. The molecule has 2 heterocycles. The molecular formula is C32H40N2O13. The van der Waals surface area contributed by atoms with Crippen molar-refractivity contribution in [2.75, 3.05) is 47.4 Å². The first kappa shape index (κ1) is 36.7. The number of nitrogens with one attached hydrogen (secondary N) is 1. The molecule has 47 heavy (non-hydrogen) atoms. The van der Waals surface area contributed by atoms with Gasteiger partial charge in [0.05, 0.1) is 26.2 Å². The molecule has 4 atom stereocenters. The second-order valence-electron chi connectivity index (χ2n) is 10.7. The van der Waals surface area contributed by atoms with E-state index in [-0.39, 0.29) is 36.8 Å². The lowest BCUT2D eigenvalue weighted by Crippen LogP contribution is -2.47. The van der Waals surface area contributed by atoms with Crippen molar-refractivity contribution in [2.24, 2.45) is 11.8 Å². The fourth-order valence-corrected chi connectivity index (χ4v) is 4.36. The molecule has 1 aromatic heterocycles. The van der Waals surface area contributed by atoms with Gasteiger partial charge in [-0.2, -0.15) is 0 Å². The number of amides is 1. The average molecular weight is 661 g/mol. The summed E-state index contributed by atoms with van der Waals surface area (Å²) < 4.78 is 42.5. The molecule has 3 rings (SSSR count). The third-order valence-electron chi connectivity index (χ3n) is 6.85. The van der Waals surface area contributed by atoms with Crippen molar-refractivity contribution >= 4 is 29.8 Å². The number of benzene rings is 1. The highest BCUT2D eigenvalue weighted by atomic mass is 16.7. The molecule has 1 N–H and O–H groups in total. The van der Waals surface area contributed by atoms with Crippen molar-refractivity contribution in [1.82, 2.24) is 10.3 Å². The predicted molar refractivity (Wildman–Crippen MR) is 161 cm³/mol. The van der Waals surface area contributed by atoms with Crippen molar-refractivity contribution < 1.29 is 61.9 Å². The molecule has 0 bridgehead atoms. The van der Waals surface area contributed by atoms with E-state index < -0.39 is 73.3 Å². The summed E-state index contributed by atoms with van der Waals surface area (Å²) in [6.45, 7) is 3.68. The topological polar surface area (TPSA) is 184 Å². The molecule has 1 amide bonds. The number of carbonyl (C=O) groups is 5. The largest absolute Gasteiger partial charge is 0.493 e. The molecule has 0 radical (unpaired) electrons. The van der Waals surface area contributed by atoms with E-state index in [2.05, 4.69) is 10.3 Å². The van der Waals surface area contributed by atoms with Gasteiger partial charge >= 0.3 is 23.9 Å². The summed E-state index contributed by atoms with van der Waals surface area (Å²) in [5.74, 6) is -5.59. The Labute approximate surface area is 272 Å². The van der Waals surface area contributed by atoms with E-state index in [0.29, 0.717) is 6.61 Å². The lowest BCUT2D eigenvalue weighted by molar-refractivity contribution is -0.176. The smallest absolute Gasteiger partial charge is 0.334 e. The number of esters is 4. The molecule has 15 heteroatoms. The Morgan fingerprint density at radius 2 is 1.79 bits per heavy atom. The van der Waals surface area contributed by atoms with Crippen LogP contribution in [0.2, 0.25) is 0 Å². The third kappa shape index (κ3) is 10.9. The zero-order valence-electron chi connectivity index (χ0n) is 26.9. The van der Waals surface area contributed by atoms with Gasteiger partial charge in [0, 0.05) is 19.4 Å². The molecule has 0 aliphatic carbocycles. The van der Waals surface area contributed by atoms with Gasteiger partial charge in [0.15, 0.2) is 29.3 Å². The zero-order chi connectivity index (χ0) is 34.3. The van der Waals surface area contributed by atoms with Crippen molar-refractivity contribution in [2.45, 2.75) is 45.4 Å². The summed E-state index contributed by atoms with van der Waals surface area (Å²) in [6.07, 6.45) is -0.871. The number of aromatic nitrogens is 1. The Balaban J connectivity index is 1.78. The van der Waals surface area contributed by atoms with E-state index in [9.17, 15) is 24.0 Å². The second-order valence-corrected chi connectivity index (χ2v) is 10.7. The second kappa shape index (κ2) is 18.4. The van der Waals surface area contributed by atoms with Gasteiger partial charge in [-0.1, -0.05) is 44.2 Å². The van der Waals surface area contributed by atoms with Gasteiger partial charge < -0.3 is 43.2 Å². The maximum Gasteiger partial charge on any atom is 0.334 e. The number of hydrogen-bond donors (Lipinski definition) is 1. The van der Waals surface area contributed by atoms with E-state index in [1.165, 1.54) is 33.4 Å². The van der Waals surface area contributed by atoms with Gasteiger partial charge in [0.25, 0.3) is 5.91 Å². The van der Waals surface area contributed by atoms with Crippen LogP contribution in [0, 0.1) is 11.8 Å². The molecule has 2 aromatic rings. The van der Waals surface area contributed by atoms with Crippen LogP contribution in [-0.4, -0.2) is 100 Å². The van der Waals surface area contributed by atoms with Crippen LogP contribution in [0.5, 0.6) is 11.5 Å². The van der Waals surface area contributed by atoms with E-state index in [1.807, 2.05) is 6.07 Å². The fourth-order valence-electron chi connectivity index (χ4n) is 4.36. The lowest BCUT2D eigenvalue weighted by atomic mass is 9.91. The molecule has 1 saturated heterocycles. The SMILES string of the molecule is COCCOCC(=O)OCOc1c(OC)ccnc1C(=O)N[C@H]1COC(=O)C(Cc2ccccc2)[C@@H](OC(=O)C(C)C)[C@H](C)OC1=O. The predicted octanol–water partition coefficient (Wildman–Crippen LogP) is 1.65. The number of rotatable bonds is 15. The van der Waals surface area contributed by atoms with Crippen LogP contribution >= 0.6 is 0 Å². The number of hydrogen-bond acceptors (Lipinski definition) is 14. The van der Waals surface area contributed by atoms with E-state index in [1.54, 1.807) is 38.1 Å². The number of pyridine rings is 1. The summed E-state index contributed by atoms with van der Waals surface area (Å²) in [5, 5.41) is 2.45. The third-order valence-corrected chi connectivity index (χ3v) is 6.85. The highest BCUT2D eigenvalue weighted by Crippen LogP contribution is 2.30. The highest BCUT2D eigenvalue weighted by Gasteiger charge is 2.42. The minimum atomic E-state index is -1.48. The Morgan fingerprint density at radius 1 is 1.04 bits per heavy atom. The molecular weight excluding hydrogens is 620 g/mol. The number of nitrogens with zero attached hydrogens (tertiary/aromatic N) is 1. The van der Waals surface area contributed by atoms with Gasteiger partial charge in [-0.25, -0.2) is 14.6 Å². The Morgan fingerprint density at radius 3 is 2.47 bits per heavy atom. The first-order chi connectivity index (χ1) is 22.5. The van der Waals surface area contributed by atoms with Gasteiger partial charge in [-0.3, -0.25) is 14.4 Å². The normalized spacial score (nSPS) is 19.7. The van der Waals surface area contributed by atoms with Gasteiger partial charge in [0.2, 0.25) is 6.79 Å². The molecule has 1 fully saturated rings. The first-order valence-corrected chi connectivity index (χ1v) is 14.9. The Kier molecular flexibility index (Phi) is 14.4. The van der Waals surface area contributed by atoms with E-state index >= 15 is 0 Å². The van der Waals surface area contributed by atoms with E-state index in [4.69, 9.17) is 37.9 Å². The van der Waals surface area contributed by atoms with Crippen molar-refractivity contribution in [1.29, 1.82) is 0 Å². The zero-order valence-corrected chi connectivity index (χ0v) is 26.9.